The number of morpholine rings is 1. The average Bonchev–Trinajstić information content (AvgIpc) is 2.48. The van der Waals surface area contributed by atoms with Crippen LogP contribution in [0, 0.1) is 6.92 Å². The molecule has 0 aliphatic carbocycles. The second-order valence-electron chi connectivity index (χ2n) is 4.61. The quantitative estimate of drug-likeness (QED) is 0.858. The Labute approximate surface area is 116 Å². The van der Waals surface area contributed by atoms with E-state index in [4.69, 9.17) is 10.5 Å². The van der Waals surface area contributed by atoms with Gasteiger partial charge in [-0.15, -0.1) is 0 Å². The largest absolute Gasteiger partial charge is 0.378 e. The van der Waals surface area contributed by atoms with E-state index in [1.54, 1.807) is 12.4 Å². The van der Waals surface area contributed by atoms with Gasteiger partial charge in [0.05, 0.1) is 13.2 Å². The highest BCUT2D eigenvalue weighted by Crippen LogP contribution is 2.21. The van der Waals surface area contributed by atoms with Gasteiger partial charge in [0.2, 0.25) is 11.9 Å². The zero-order chi connectivity index (χ0) is 13.9. The van der Waals surface area contributed by atoms with E-state index >= 15 is 0 Å². The SMILES string of the molecule is Cc1cnccc1-c1nc(N)nc(N2CCOCC2)n1. The number of aryl methyl sites for hydroxylation is 1. The minimum Gasteiger partial charge on any atom is -0.378 e. The van der Waals surface area contributed by atoms with Gasteiger partial charge in [0.15, 0.2) is 5.82 Å². The van der Waals surface area contributed by atoms with Crippen LogP contribution in [0.2, 0.25) is 0 Å². The Balaban J connectivity index is 2.00. The maximum Gasteiger partial charge on any atom is 0.230 e. The molecule has 1 aliphatic rings. The molecule has 7 heteroatoms. The summed E-state index contributed by atoms with van der Waals surface area (Å²) in [6.07, 6.45) is 3.50. The highest BCUT2D eigenvalue weighted by atomic mass is 16.5. The van der Waals surface area contributed by atoms with E-state index in [0.717, 1.165) is 24.2 Å². The van der Waals surface area contributed by atoms with Crippen LogP contribution in [-0.2, 0) is 4.74 Å². The van der Waals surface area contributed by atoms with E-state index in [9.17, 15) is 0 Å². The number of pyridine rings is 1. The van der Waals surface area contributed by atoms with Gasteiger partial charge in [0.1, 0.15) is 0 Å². The molecular formula is C13H16N6O. The van der Waals surface area contributed by atoms with Crippen LogP contribution in [0.3, 0.4) is 0 Å². The minimum atomic E-state index is 0.229. The summed E-state index contributed by atoms with van der Waals surface area (Å²) in [7, 11) is 0. The standard InChI is InChI=1S/C13H16N6O/c1-9-8-15-3-2-10(9)11-16-12(14)18-13(17-11)19-4-6-20-7-5-19/h2-3,8H,4-7H2,1H3,(H2,14,16,17,18). The fourth-order valence-corrected chi connectivity index (χ4v) is 2.13. The zero-order valence-corrected chi connectivity index (χ0v) is 11.3. The molecule has 7 nitrogen and oxygen atoms in total. The topological polar surface area (TPSA) is 90.0 Å². The lowest BCUT2D eigenvalue weighted by Gasteiger charge is -2.26. The molecule has 104 valence electrons. The van der Waals surface area contributed by atoms with Crippen molar-refractivity contribution in [3.63, 3.8) is 0 Å². The molecule has 1 saturated heterocycles. The molecule has 0 spiro atoms. The molecule has 0 bridgehead atoms. The Kier molecular flexibility index (Phi) is 3.42. The van der Waals surface area contributed by atoms with Crippen molar-refractivity contribution < 1.29 is 4.74 Å². The summed E-state index contributed by atoms with van der Waals surface area (Å²) >= 11 is 0. The van der Waals surface area contributed by atoms with Gasteiger partial charge in [0.25, 0.3) is 0 Å². The third-order valence-corrected chi connectivity index (χ3v) is 3.20. The molecule has 3 rings (SSSR count). The summed E-state index contributed by atoms with van der Waals surface area (Å²) in [4.78, 5) is 19.1. The van der Waals surface area contributed by atoms with Crippen LogP contribution in [0.4, 0.5) is 11.9 Å². The predicted octanol–water partition coefficient (Wildman–Crippen LogP) is 0.661. The predicted molar refractivity (Wildman–Crippen MR) is 75.2 cm³/mol. The highest BCUT2D eigenvalue weighted by Gasteiger charge is 2.17. The van der Waals surface area contributed by atoms with E-state index in [1.807, 2.05) is 13.0 Å². The van der Waals surface area contributed by atoms with Crippen LogP contribution in [0.15, 0.2) is 18.5 Å². The lowest BCUT2D eigenvalue weighted by atomic mass is 10.1. The van der Waals surface area contributed by atoms with Crippen LogP contribution in [0.5, 0.6) is 0 Å². The van der Waals surface area contributed by atoms with Crippen molar-refractivity contribution in [2.24, 2.45) is 0 Å². The van der Waals surface area contributed by atoms with Gasteiger partial charge in [-0.3, -0.25) is 4.98 Å². The van der Waals surface area contributed by atoms with Crippen LogP contribution in [-0.4, -0.2) is 46.2 Å². The summed E-state index contributed by atoms with van der Waals surface area (Å²) in [6.45, 7) is 4.84. The first-order chi connectivity index (χ1) is 9.74. The second-order valence-corrected chi connectivity index (χ2v) is 4.61. The Morgan fingerprint density at radius 3 is 2.75 bits per heavy atom. The Morgan fingerprint density at radius 2 is 2.00 bits per heavy atom. The molecule has 0 amide bonds. The first-order valence-electron chi connectivity index (χ1n) is 6.49. The van der Waals surface area contributed by atoms with E-state index in [0.29, 0.717) is 25.0 Å². The number of rotatable bonds is 2. The molecule has 0 unspecified atom stereocenters. The number of nitrogens with two attached hydrogens (primary N) is 1. The molecule has 1 aliphatic heterocycles. The van der Waals surface area contributed by atoms with Gasteiger partial charge in [0, 0.05) is 31.0 Å². The molecule has 3 heterocycles. The number of ether oxygens (including phenoxy) is 1. The fraction of sp³-hybridized carbons (Fsp3) is 0.385. The first kappa shape index (κ1) is 12.7. The maximum absolute atomic E-state index is 5.82. The molecule has 20 heavy (non-hydrogen) atoms. The van der Waals surface area contributed by atoms with E-state index in [-0.39, 0.29) is 5.95 Å². The lowest BCUT2D eigenvalue weighted by Crippen LogP contribution is -2.37. The van der Waals surface area contributed by atoms with Crippen molar-refractivity contribution in [1.82, 2.24) is 19.9 Å². The molecule has 2 aromatic heterocycles. The molecule has 1 fully saturated rings. The Morgan fingerprint density at radius 1 is 1.20 bits per heavy atom. The van der Waals surface area contributed by atoms with Gasteiger partial charge < -0.3 is 15.4 Å². The van der Waals surface area contributed by atoms with Crippen molar-refractivity contribution in [1.29, 1.82) is 0 Å². The maximum atomic E-state index is 5.82. The second kappa shape index (κ2) is 5.38. The number of nitrogens with zero attached hydrogens (tertiary/aromatic N) is 5. The summed E-state index contributed by atoms with van der Waals surface area (Å²) in [5, 5.41) is 0. The molecule has 0 saturated carbocycles. The van der Waals surface area contributed by atoms with Gasteiger partial charge in [-0.25, -0.2) is 0 Å². The summed E-state index contributed by atoms with van der Waals surface area (Å²) in [5.41, 5.74) is 7.74. The number of anilines is 2. The van der Waals surface area contributed by atoms with Crippen LogP contribution in [0.1, 0.15) is 5.56 Å². The zero-order valence-electron chi connectivity index (χ0n) is 11.3. The molecular weight excluding hydrogens is 256 g/mol. The normalized spacial score (nSPS) is 15.3. The third-order valence-electron chi connectivity index (χ3n) is 3.20. The van der Waals surface area contributed by atoms with Crippen molar-refractivity contribution in [3.05, 3.63) is 24.0 Å². The van der Waals surface area contributed by atoms with Gasteiger partial charge in [-0.2, -0.15) is 15.0 Å². The van der Waals surface area contributed by atoms with Crippen molar-refractivity contribution in [2.45, 2.75) is 6.92 Å². The van der Waals surface area contributed by atoms with E-state index < -0.39 is 0 Å². The number of nitrogen functional groups attached to an aromatic ring is 1. The van der Waals surface area contributed by atoms with Gasteiger partial charge in [-0.1, -0.05) is 0 Å². The average molecular weight is 272 g/mol. The summed E-state index contributed by atoms with van der Waals surface area (Å²) < 4.78 is 5.33. The highest BCUT2D eigenvalue weighted by molar-refractivity contribution is 5.61. The monoisotopic (exact) mass is 272 g/mol. The van der Waals surface area contributed by atoms with Crippen LogP contribution < -0.4 is 10.6 Å². The van der Waals surface area contributed by atoms with Crippen molar-refractivity contribution in [2.75, 3.05) is 36.9 Å². The summed E-state index contributed by atoms with van der Waals surface area (Å²) in [6, 6.07) is 1.88. The van der Waals surface area contributed by atoms with E-state index in [2.05, 4.69) is 24.8 Å². The molecule has 0 aromatic carbocycles. The van der Waals surface area contributed by atoms with Crippen molar-refractivity contribution >= 4 is 11.9 Å². The van der Waals surface area contributed by atoms with Crippen LogP contribution >= 0.6 is 0 Å². The molecule has 0 atom stereocenters. The Hall–Kier alpha value is -2.28. The molecule has 0 radical (unpaired) electrons. The van der Waals surface area contributed by atoms with Crippen LogP contribution in [0.25, 0.3) is 11.4 Å². The van der Waals surface area contributed by atoms with Crippen molar-refractivity contribution in [3.8, 4) is 11.4 Å². The third kappa shape index (κ3) is 2.53. The molecule has 2 N–H and O–H groups in total. The Bertz CT molecular complexity index is 612. The minimum absolute atomic E-state index is 0.229. The smallest absolute Gasteiger partial charge is 0.230 e. The van der Waals surface area contributed by atoms with E-state index in [1.165, 1.54) is 0 Å². The fourth-order valence-electron chi connectivity index (χ4n) is 2.13. The number of hydrogen-bond donors (Lipinski definition) is 1. The summed E-state index contributed by atoms with van der Waals surface area (Å²) in [5.74, 6) is 1.42. The lowest BCUT2D eigenvalue weighted by molar-refractivity contribution is 0.122. The number of aromatic nitrogens is 4. The molecule has 2 aromatic rings. The van der Waals surface area contributed by atoms with Gasteiger partial charge in [-0.05, 0) is 18.6 Å². The van der Waals surface area contributed by atoms with Gasteiger partial charge >= 0.3 is 0 Å². The first-order valence-corrected chi connectivity index (χ1v) is 6.49. The number of hydrogen-bond acceptors (Lipinski definition) is 7.